The first-order valence-electron chi connectivity index (χ1n) is 5.01. The van der Waals surface area contributed by atoms with Gasteiger partial charge in [0.15, 0.2) is 0 Å². The fraction of sp³-hybridized carbons (Fsp3) is 0.231. The minimum absolute atomic E-state index is 0.982. The van der Waals surface area contributed by atoms with Gasteiger partial charge in [0.1, 0.15) is 5.75 Å². The fourth-order valence-electron chi connectivity index (χ4n) is 1.94. The van der Waals surface area contributed by atoms with E-state index >= 15 is 0 Å². The van der Waals surface area contributed by atoms with Crippen LogP contribution >= 0.6 is 45.2 Å². The Labute approximate surface area is 123 Å². The quantitative estimate of drug-likeness (QED) is 0.498. The van der Waals surface area contributed by atoms with Gasteiger partial charge in [0.2, 0.25) is 0 Å². The molecular formula is C13H12I2O. The Bertz CT molecular complexity index is 509. The standard InChI is InChI=1S/C13H12I2O/c1-16-13-10(8-15)6-9(7-14)11-4-2-3-5-12(11)13/h2-6H,7-8H2,1H3. The lowest BCUT2D eigenvalue weighted by atomic mass is 10.0. The number of methoxy groups -OCH3 is 1. The summed E-state index contributed by atoms with van der Waals surface area (Å²) in [5.41, 5.74) is 2.68. The Morgan fingerprint density at radius 2 is 1.62 bits per heavy atom. The molecule has 0 aromatic heterocycles. The van der Waals surface area contributed by atoms with Gasteiger partial charge in [0.25, 0.3) is 0 Å². The van der Waals surface area contributed by atoms with Gasteiger partial charge in [-0.15, -0.1) is 0 Å². The SMILES string of the molecule is COc1c(CI)cc(CI)c2ccccc12. The second kappa shape index (κ2) is 5.53. The van der Waals surface area contributed by atoms with Crippen LogP contribution in [0.5, 0.6) is 5.75 Å². The Morgan fingerprint density at radius 3 is 2.19 bits per heavy atom. The molecule has 2 aromatic carbocycles. The van der Waals surface area contributed by atoms with Crippen molar-refractivity contribution in [3.8, 4) is 5.75 Å². The molecule has 0 amide bonds. The van der Waals surface area contributed by atoms with E-state index in [4.69, 9.17) is 4.74 Å². The number of ether oxygens (including phenoxy) is 1. The molecule has 0 bridgehead atoms. The Hall–Kier alpha value is -0.0400. The molecule has 0 spiro atoms. The average molecular weight is 438 g/mol. The zero-order chi connectivity index (χ0) is 11.5. The van der Waals surface area contributed by atoms with Gasteiger partial charge in [0.05, 0.1) is 7.11 Å². The molecule has 16 heavy (non-hydrogen) atoms. The third kappa shape index (κ3) is 2.16. The number of hydrogen-bond donors (Lipinski definition) is 0. The summed E-state index contributed by atoms with van der Waals surface area (Å²) in [5, 5.41) is 2.54. The molecule has 0 aliphatic rings. The van der Waals surface area contributed by atoms with Crippen molar-refractivity contribution in [1.29, 1.82) is 0 Å². The van der Waals surface area contributed by atoms with Crippen LogP contribution in [0, 0.1) is 0 Å². The van der Waals surface area contributed by atoms with Crippen LogP contribution in [0.4, 0.5) is 0 Å². The zero-order valence-electron chi connectivity index (χ0n) is 8.97. The van der Waals surface area contributed by atoms with Crippen molar-refractivity contribution < 1.29 is 4.74 Å². The number of benzene rings is 2. The molecule has 0 unspecified atom stereocenters. The van der Waals surface area contributed by atoms with Gasteiger partial charge in [-0.2, -0.15) is 0 Å². The van der Waals surface area contributed by atoms with E-state index in [9.17, 15) is 0 Å². The van der Waals surface area contributed by atoms with Crippen LogP contribution in [0.15, 0.2) is 30.3 Å². The highest BCUT2D eigenvalue weighted by Gasteiger charge is 2.10. The summed E-state index contributed by atoms with van der Waals surface area (Å²) in [4.78, 5) is 0. The van der Waals surface area contributed by atoms with Crippen LogP contribution < -0.4 is 4.74 Å². The minimum Gasteiger partial charge on any atom is -0.496 e. The first kappa shape index (κ1) is 12.4. The van der Waals surface area contributed by atoms with Gasteiger partial charge in [-0.3, -0.25) is 0 Å². The molecule has 0 aliphatic heterocycles. The summed E-state index contributed by atoms with van der Waals surface area (Å²) in [6.07, 6.45) is 0. The summed E-state index contributed by atoms with van der Waals surface area (Å²) in [5.74, 6) is 1.03. The van der Waals surface area contributed by atoms with E-state index in [-0.39, 0.29) is 0 Å². The minimum atomic E-state index is 0.982. The van der Waals surface area contributed by atoms with Crippen molar-refractivity contribution in [2.45, 2.75) is 8.86 Å². The van der Waals surface area contributed by atoms with Crippen molar-refractivity contribution in [1.82, 2.24) is 0 Å². The third-order valence-electron chi connectivity index (χ3n) is 2.65. The van der Waals surface area contributed by atoms with Crippen molar-refractivity contribution >= 4 is 56.0 Å². The number of halogens is 2. The maximum Gasteiger partial charge on any atom is 0.130 e. The van der Waals surface area contributed by atoms with Crippen LogP contribution in [0.1, 0.15) is 11.1 Å². The highest BCUT2D eigenvalue weighted by Crippen LogP contribution is 2.34. The fourth-order valence-corrected chi connectivity index (χ4v) is 3.14. The van der Waals surface area contributed by atoms with Gasteiger partial charge in [-0.05, 0) is 17.0 Å². The number of hydrogen-bond acceptors (Lipinski definition) is 1. The highest BCUT2D eigenvalue weighted by atomic mass is 127. The van der Waals surface area contributed by atoms with E-state index in [1.807, 2.05) is 0 Å². The van der Waals surface area contributed by atoms with E-state index < -0.39 is 0 Å². The maximum atomic E-state index is 5.54. The third-order valence-corrected chi connectivity index (χ3v) is 4.29. The van der Waals surface area contributed by atoms with E-state index in [1.165, 1.54) is 21.9 Å². The molecule has 0 heterocycles. The zero-order valence-corrected chi connectivity index (χ0v) is 13.3. The largest absolute Gasteiger partial charge is 0.496 e. The van der Waals surface area contributed by atoms with Crippen molar-refractivity contribution in [2.75, 3.05) is 7.11 Å². The van der Waals surface area contributed by atoms with Crippen LogP contribution in [-0.4, -0.2) is 7.11 Å². The molecule has 0 saturated carbocycles. The molecule has 84 valence electrons. The van der Waals surface area contributed by atoms with Crippen LogP contribution in [0.25, 0.3) is 10.8 Å². The Morgan fingerprint density at radius 1 is 1.00 bits per heavy atom. The van der Waals surface area contributed by atoms with E-state index in [0.29, 0.717) is 0 Å². The molecule has 1 nitrogen and oxygen atoms in total. The van der Waals surface area contributed by atoms with Gasteiger partial charge in [-0.1, -0.05) is 69.4 Å². The second-order valence-electron chi connectivity index (χ2n) is 3.54. The van der Waals surface area contributed by atoms with Crippen molar-refractivity contribution in [2.24, 2.45) is 0 Å². The molecule has 0 aliphatic carbocycles. The Kier molecular flexibility index (Phi) is 4.29. The van der Waals surface area contributed by atoms with Gasteiger partial charge in [0, 0.05) is 19.8 Å². The summed E-state index contributed by atoms with van der Waals surface area (Å²) in [6.45, 7) is 0. The summed E-state index contributed by atoms with van der Waals surface area (Å²) >= 11 is 4.80. The number of fused-ring (bicyclic) bond motifs is 1. The Balaban J connectivity index is 2.83. The number of alkyl halides is 2. The monoisotopic (exact) mass is 438 g/mol. The van der Waals surface area contributed by atoms with Gasteiger partial charge >= 0.3 is 0 Å². The summed E-state index contributed by atoms with van der Waals surface area (Å²) in [7, 11) is 1.75. The highest BCUT2D eigenvalue weighted by molar-refractivity contribution is 14.1. The predicted octanol–water partition coefficient (Wildman–Crippen LogP) is 4.72. The van der Waals surface area contributed by atoms with E-state index in [1.54, 1.807) is 7.11 Å². The summed E-state index contributed by atoms with van der Waals surface area (Å²) in [6, 6.07) is 10.7. The van der Waals surface area contributed by atoms with E-state index in [2.05, 4.69) is 75.5 Å². The first-order chi connectivity index (χ1) is 7.81. The number of rotatable bonds is 3. The molecular weight excluding hydrogens is 426 g/mol. The molecule has 0 saturated heterocycles. The molecule has 0 fully saturated rings. The molecule has 0 N–H and O–H groups in total. The lowest BCUT2D eigenvalue weighted by molar-refractivity contribution is 0.416. The molecule has 0 radical (unpaired) electrons. The van der Waals surface area contributed by atoms with Crippen molar-refractivity contribution in [3.63, 3.8) is 0 Å². The average Bonchev–Trinajstić information content (AvgIpc) is 2.36. The molecule has 0 atom stereocenters. The van der Waals surface area contributed by atoms with E-state index in [0.717, 1.165) is 14.6 Å². The molecule has 2 rings (SSSR count). The van der Waals surface area contributed by atoms with Crippen LogP contribution in [0.2, 0.25) is 0 Å². The topological polar surface area (TPSA) is 9.23 Å². The molecule has 3 heteroatoms. The van der Waals surface area contributed by atoms with Gasteiger partial charge < -0.3 is 4.74 Å². The second-order valence-corrected chi connectivity index (χ2v) is 5.07. The lowest BCUT2D eigenvalue weighted by Gasteiger charge is -2.13. The summed E-state index contributed by atoms with van der Waals surface area (Å²) < 4.78 is 7.56. The van der Waals surface area contributed by atoms with Crippen LogP contribution in [-0.2, 0) is 8.86 Å². The van der Waals surface area contributed by atoms with Gasteiger partial charge in [-0.25, -0.2) is 0 Å². The van der Waals surface area contributed by atoms with Crippen LogP contribution in [0.3, 0.4) is 0 Å². The first-order valence-corrected chi connectivity index (χ1v) is 8.06. The lowest BCUT2D eigenvalue weighted by Crippen LogP contribution is -1.94. The van der Waals surface area contributed by atoms with Crippen molar-refractivity contribution in [3.05, 3.63) is 41.5 Å². The maximum absolute atomic E-state index is 5.54. The molecule has 2 aromatic rings. The smallest absolute Gasteiger partial charge is 0.130 e. The normalized spacial score (nSPS) is 10.7. The predicted molar refractivity (Wildman–Crippen MR) is 85.9 cm³/mol.